The molecule has 3 heteroatoms. The summed E-state index contributed by atoms with van der Waals surface area (Å²) < 4.78 is 8.51. The molecule has 0 aliphatic rings. The first kappa shape index (κ1) is 10.0. The van der Waals surface area contributed by atoms with Crippen LogP contribution >= 0.6 is 8.69 Å². The van der Waals surface area contributed by atoms with Crippen molar-refractivity contribution in [2.24, 2.45) is 0 Å². The molecule has 0 bridgehead atoms. The smallest absolute Gasteiger partial charge is 0.162 e. The molecule has 1 atom stereocenters. The van der Waals surface area contributed by atoms with Gasteiger partial charge < -0.3 is 0 Å². The standard InChI is InChI=1S/C8H8.HO2P/c1-2-8-6-4-3-5-7-8;1-3-2/h2-7H,1H2;3H/p+1. The summed E-state index contributed by atoms with van der Waals surface area (Å²) in [6.45, 7) is 3.63. The zero-order valence-electron chi connectivity index (χ0n) is 6.03. The van der Waals surface area contributed by atoms with Crippen LogP contribution in [0.3, 0.4) is 0 Å². The molecule has 0 amide bonds. The van der Waals surface area contributed by atoms with E-state index in [1.807, 2.05) is 36.4 Å². The molecule has 0 saturated carbocycles. The van der Waals surface area contributed by atoms with E-state index in [1.165, 1.54) is 5.56 Å². The summed E-state index contributed by atoms with van der Waals surface area (Å²) in [5, 5.41) is 0. The van der Waals surface area contributed by atoms with E-state index in [4.69, 9.17) is 9.46 Å². The van der Waals surface area contributed by atoms with Crippen LogP contribution in [0.5, 0.6) is 0 Å². The zero-order valence-corrected chi connectivity index (χ0v) is 7.03. The van der Waals surface area contributed by atoms with E-state index < -0.39 is 8.69 Å². The lowest BCUT2D eigenvalue weighted by Gasteiger charge is -1.85. The molecule has 0 spiro atoms. The molecule has 58 valence electrons. The number of rotatable bonds is 1. The van der Waals surface area contributed by atoms with Crippen molar-refractivity contribution >= 4 is 14.8 Å². The summed E-state index contributed by atoms with van der Waals surface area (Å²) in [6.07, 6.45) is 1.83. The third-order valence-electron chi connectivity index (χ3n) is 1.04. The topological polar surface area (TPSA) is 37.3 Å². The van der Waals surface area contributed by atoms with Gasteiger partial charge >= 0.3 is 8.69 Å². The first-order chi connectivity index (χ1) is 5.35. The molecule has 1 unspecified atom stereocenters. The van der Waals surface area contributed by atoms with Crippen molar-refractivity contribution in [3.05, 3.63) is 42.5 Å². The summed E-state index contributed by atoms with van der Waals surface area (Å²) >= 11 is 0. The molecular weight excluding hydrogens is 159 g/mol. The van der Waals surface area contributed by atoms with Crippen molar-refractivity contribution in [2.45, 2.75) is 0 Å². The van der Waals surface area contributed by atoms with Gasteiger partial charge in [-0.1, -0.05) is 43.0 Å². The number of benzene rings is 1. The molecule has 0 saturated heterocycles. The van der Waals surface area contributed by atoms with Crippen molar-refractivity contribution in [3.63, 3.8) is 0 Å². The minimum absolute atomic E-state index is 1.17. The van der Waals surface area contributed by atoms with E-state index in [-0.39, 0.29) is 0 Å². The Balaban J connectivity index is 0.000000292. The van der Waals surface area contributed by atoms with Crippen LogP contribution < -0.4 is 0 Å². The summed E-state index contributed by atoms with van der Waals surface area (Å²) in [6, 6.07) is 10.0. The Hall–Kier alpha value is -0.980. The maximum Gasteiger partial charge on any atom is 0.491 e. The fourth-order valence-electron chi connectivity index (χ4n) is 0.589. The predicted molar refractivity (Wildman–Crippen MR) is 47.8 cm³/mol. The molecule has 0 aromatic heterocycles. The fraction of sp³-hybridized carbons (Fsp3) is 0. The average Bonchev–Trinajstić information content (AvgIpc) is 2.08. The van der Waals surface area contributed by atoms with Gasteiger partial charge in [-0.2, -0.15) is 4.89 Å². The maximum atomic E-state index is 8.51. The van der Waals surface area contributed by atoms with Gasteiger partial charge in [0.2, 0.25) is 0 Å². The van der Waals surface area contributed by atoms with E-state index >= 15 is 0 Å². The highest BCUT2D eigenvalue weighted by Crippen LogP contribution is 1.97. The number of hydrogen-bond acceptors (Lipinski definition) is 1. The third-order valence-corrected chi connectivity index (χ3v) is 1.04. The monoisotopic (exact) mass is 169 g/mol. The molecule has 1 N–H and O–H groups in total. The summed E-state index contributed by atoms with van der Waals surface area (Å²) in [7, 11) is -1.17. The van der Waals surface area contributed by atoms with Gasteiger partial charge in [-0.25, -0.2) is 0 Å². The first-order valence-electron chi connectivity index (χ1n) is 3.04. The molecule has 11 heavy (non-hydrogen) atoms. The second-order valence-electron chi connectivity index (χ2n) is 1.71. The van der Waals surface area contributed by atoms with Gasteiger partial charge in [-0.3, -0.25) is 0 Å². The Morgan fingerprint density at radius 2 is 1.82 bits per heavy atom. The Labute approximate surface area is 67.5 Å². The molecular formula is C8H10O2P+. The summed E-state index contributed by atoms with van der Waals surface area (Å²) in [5.74, 6) is 0. The van der Waals surface area contributed by atoms with Gasteiger partial charge in [0.05, 0.1) is 0 Å². The lowest BCUT2D eigenvalue weighted by molar-refractivity contribution is 0.524. The minimum Gasteiger partial charge on any atom is -0.162 e. The van der Waals surface area contributed by atoms with Crippen LogP contribution in [0.2, 0.25) is 0 Å². The van der Waals surface area contributed by atoms with Gasteiger partial charge in [-0.05, 0) is 10.1 Å². The van der Waals surface area contributed by atoms with Crippen LogP contribution in [0.4, 0.5) is 0 Å². The molecule has 2 nitrogen and oxygen atoms in total. The summed E-state index contributed by atoms with van der Waals surface area (Å²) in [4.78, 5) is 7.04. The second kappa shape index (κ2) is 7.13. The highest BCUT2D eigenvalue weighted by atomic mass is 31.1. The highest BCUT2D eigenvalue weighted by molar-refractivity contribution is 7.16. The Morgan fingerprint density at radius 1 is 1.36 bits per heavy atom. The quantitative estimate of drug-likeness (QED) is 0.654. The van der Waals surface area contributed by atoms with Crippen LogP contribution in [-0.4, -0.2) is 4.89 Å². The van der Waals surface area contributed by atoms with Gasteiger partial charge in [0, 0.05) is 0 Å². The molecule has 1 aromatic carbocycles. The number of hydrogen-bond donors (Lipinski definition) is 1. The normalized spacial score (nSPS) is 8.09. The molecule has 0 aliphatic carbocycles. The van der Waals surface area contributed by atoms with E-state index in [1.54, 1.807) is 0 Å². The largest absolute Gasteiger partial charge is 0.491 e. The lowest BCUT2D eigenvalue weighted by Crippen LogP contribution is -1.63. The second-order valence-corrected chi connectivity index (χ2v) is 1.89. The van der Waals surface area contributed by atoms with Gasteiger partial charge in [0.25, 0.3) is 0 Å². The Bertz CT molecular complexity index is 209. The maximum absolute atomic E-state index is 8.51. The molecule has 0 aliphatic heterocycles. The minimum atomic E-state index is -1.17. The molecule has 0 fully saturated rings. The lowest BCUT2D eigenvalue weighted by atomic mass is 10.2. The van der Waals surface area contributed by atoms with Crippen LogP contribution in [-0.2, 0) is 4.57 Å². The molecule has 1 rings (SSSR count). The fourth-order valence-corrected chi connectivity index (χ4v) is 0.589. The van der Waals surface area contributed by atoms with Crippen molar-refractivity contribution in [1.82, 2.24) is 0 Å². The molecule has 1 aromatic rings. The van der Waals surface area contributed by atoms with Crippen LogP contribution in [0.1, 0.15) is 5.56 Å². The van der Waals surface area contributed by atoms with Gasteiger partial charge in [0.1, 0.15) is 0 Å². The summed E-state index contributed by atoms with van der Waals surface area (Å²) in [5.41, 5.74) is 1.17. The van der Waals surface area contributed by atoms with E-state index in [0.29, 0.717) is 0 Å². The van der Waals surface area contributed by atoms with Crippen molar-refractivity contribution in [3.8, 4) is 0 Å². The van der Waals surface area contributed by atoms with Crippen molar-refractivity contribution < 1.29 is 9.46 Å². The zero-order chi connectivity index (χ0) is 8.53. The predicted octanol–water partition coefficient (Wildman–Crippen LogP) is 2.25. The average molecular weight is 169 g/mol. The first-order valence-corrected chi connectivity index (χ1v) is 3.89. The highest BCUT2D eigenvalue weighted by Gasteiger charge is 1.75. The Morgan fingerprint density at radius 3 is 2.09 bits per heavy atom. The third kappa shape index (κ3) is 5.46. The van der Waals surface area contributed by atoms with E-state index in [2.05, 4.69) is 6.58 Å². The van der Waals surface area contributed by atoms with Gasteiger partial charge in [0.15, 0.2) is 0 Å². The molecule has 0 heterocycles. The van der Waals surface area contributed by atoms with Crippen molar-refractivity contribution in [1.29, 1.82) is 0 Å². The SMILES string of the molecule is C=Cc1ccccc1.O=[PH+]O. The Kier molecular flexibility index (Phi) is 6.50. The van der Waals surface area contributed by atoms with Gasteiger partial charge in [-0.15, -0.1) is 0 Å². The van der Waals surface area contributed by atoms with Crippen LogP contribution in [0.15, 0.2) is 36.9 Å². The molecule has 0 radical (unpaired) electrons. The van der Waals surface area contributed by atoms with Crippen molar-refractivity contribution in [2.75, 3.05) is 0 Å². The van der Waals surface area contributed by atoms with Crippen LogP contribution in [0.25, 0.3) is 6.08 Å². The van der Waals surface area contributed by atoms with E-state index in [0.717, 1.165) is 0 Å². The van der Waals surface area contributed by atoms with Crippen LogP contribution in [0, 0.1) is 0 Å². The van der Waals surface area contributed by atoms with E-state index in [9.17, 15) is 0 Å².